The van der Waals surface area contributed by atoms with E-state index in [-0.39, 0.29) is 0 Å². The molecule has 0 fully saturated rings. The van der Waals surface area contributed by atoms with Crippen LogP contribution in [0.25, 0.3) is 0 Å². The first-order valence-corrected chi connectivity index (χ1v) is 7.40. The zero-order valence-corrected chi connectivity index (χ0v) is 12.7. The first-order valence-electron chi connectivity index (χ1n) is 7.40. The van der Waals surface area contributed by atoms with Gasteiger partial charge in [-0.2, -0.15) is 0 Å². The van der Waals surface area contributed by atoms with Crippen LogP contribution in [0.4, 0.5) is 5.69 Å². The molecule has 0 heterocycles. The van der Waals surface area contributed by atoms with Gasteiger partial charge in [-0.3, -0.25) is 4.99 Å². The summed E-state index contributed by atoms with van der Waals surface area (Å²) in [6.07, 6.45) is 3.66. The van der Waals surface area contributed by atoms with Crippen molar-refractivity contribution in [1.82, 2.24) is 0 Å². The fourth-order valence-electron chi connectivity index (χ4n) is 2.17. The van der Waals surface area contributed by atoms with Crippen molar-refractivity contribution in [2.45, 2.75) is 40.0 Å². The fraction of sp³-hybridized carbons (Fsp3) is 0.316. The van der Waals surface area contributed by atoms with E-state index in [0.29, 0.717) is 0 Å². The lowest BCUT2D eigenvalue weighted by molar-refractivity contribution is 0.795. The summed E-state index contributed by atoms with van der Waals surface area (Å²) >= 11 is 0. The van der Waals surface area contributed by atoms with Crippen molar-refractivity contribution in [3.05, 3.63) is 65.2 Å². The summed E-state index contributed by atoms with van der Waals surface area (Å²) in [5.41, 5.74) is 5.96. The average molecular weight is 265 g/mol. The Bertz CT molecular complexity index is 562. The normalized spacial score (nSPS) is 11.7. The maximum Gasteiger partial charge on any atom is 0.0633 e. The van der Waals surface area contributed by atoms with Crippen LogP contribution < -0.4 is 0 Å². The molecule has 0 unspecified atom stereocenters. The number of benzene rings is 2. The number of aliphatic imine (C=N–C) groups is 1. The second kappa shape index (κ2) is 7.04. The summed E-state index contributed by atoms with van der Waals surface area (Å²) < 4.78 is 0. The molecule has 0 aliphatic rings. The minimum absolute atomic E-state index is 1.03. The predicted molar refractivity (Wildman–Crippen MR) is 88.1 cm³/mol. The maximum atomic E-state index is 4.70. The fourth-order valence-corrected chi connectivity index (χ4v) is 2.17. The molecule has 0 N–H and O–H groups in total. The lowest BCUT2D eigenvalue weighted by Crippen LogP contribution is -1.93. The summed E-state index contributed by atoms with van der Waals surface area (Å²) in [5.74, 6) is 0. The van der Waals surface area contributed by atoms with E-state index in [1.54, 1.807) is 0 Å². The standard InChI is InChI=1S/C19H23N/c1-4-5-6-17-9-13-19(14-10-17)20-16(3)18-11-7-15(2)8-12-18/h7-14H,4-6H2,1-3H3. The summed E-state index contributed by atoms with van der Waals surface area (Å²) in [6, 6.07) is 17.1. The van der Waals surface area contributed by atoms with Gasteiger partial charge in [0, 0.05) is 5.71 Å². The molecule has 0 amide bonds. The highest BCUT2D eigenvalue weighted by molar-refractivity contribution is 6.00. The number of hydrogen-bond donors (Lipinski definition) is 0. The molecule has 2 aromatic rings. The molecule has 0 saturated carbocycles. The number of rotatable bonds is 5. The minimum Gasteiger partial charge on any atom is -0.253 e. The van der Waals surface area contributed by atoms with Crippen molar-refractivity contribution in [1.29, 1.82) is 0 Å². The highest BCUT2D eigenvalue weighted by Gasteiger charge is 1.98. The summed E-state index contributed by atoms with van der Waals surface area (Å²) in [6.45, 7) is 6.39. The van der Waals surface area contributed by atoms with Crippen LogP contribution in [0.2, 0.25) is 0 Å². The zero-order valence-electron chi connectivity index (χ0n) is 12.7. The van der Waals surface area contributed by atoms with Gasteiger partial charge in [-0.25, -0.2) is 0 Å². The van der Waals surface area contributed by atoms with Gasteiger partial charge in [-0.15, -0.1) is 0 Å². The minimum atomic E-state index is 1.03. The van der Waals surface area contributed by atoms with E-state index in [9.17, 15) is 0 Å². The van der Waals surface area contributed by atoms with Gasteiger partial charge in [0.15, 0.2) is 0 Å². The molecule has 20 heavy (non-hydrogen) atoms. The van der Waals surface area contributed by atoms with Gasteiger partial charge >= 0.3 is 0 Å². The van der Waals surface area contributed by atoms with Crippen LogP contribution >= 0.6 is 0 Å². The van der Waals surface area contributed by atoms with E-state index in [1.807, 2.05) is 0 Å². The highest BCUT2D eigenvalue weighted by Crippen LogP contribution is 2.16. The summed E-state index contributed by atoms with van der Waals surface area (Å²) in [7, 11) is 0. The van der Waals surface area contributed by atoms with Crippen molar-refractivity contribution >= 4 is 11.4 Å². The summed E-state index contributed by atoms with van der Waals surface area (Å²) in [5, 5.41) is 0. The lowest BCUT2D eigenvalue weighted by atomic mass is 10.1. The van der Waals surface area contributed by atoms with Crippen LogP contribution in [-0.4, -0.2) is 5.71 Å². The van der Waals surface area contributed by atoms with Crippen molar-refractivity contribution < 1.29 is 0 Å². The van der Waals surface area contributed by atoms with Gasteiger partial charge < -0.3 is 0 Å². The van der Waals surface area contributed by atoms with E-state index in [1.165, 1.54) is 29.5 Å². The molecular formula is C19H23N. The van der Waals surface area contributed by atoms with Crippen molar-refractivity contribution in [3.8, 4) is 0 Å². The SMILES string of the molecule is CCCCc1ccc(N=C(C)c2ccc(C)cc2)cc1. The van der Waals surface area contributed by atoms with Gasteiger partial charge in [0.05, 0.1) is 5.69 Å². The molecule has 0 spiro atoms. The van der Waals surface area contributed by atoms with Crippen LogP contribution in [0, 0.1) is 6.92 Å². The Labute approximate surface area is 122 Å². The van der Waals surface area contributed by atoms with Crippen molar-refractivity contribution in [2.24, 2.45) is 4.99 Å². The van der Waals surface area contributed by atoms with Crippen molar-refractivity contribution in [3.63, 3.8) is 0 Å². The third-order valence-corrected chi connectivity index (χ3v) is 3.52. The Morgan fingerprint density at radius 2 is 1.60 bits per heavy atom. The van der Waals surface area contributed by atoms with E-state index in [2.05, 4.69) is 69.3 Å². The quantitative estimate of drug-likeness (QED) is 0.635. The third kappa shape index (κ3) is 4.06. The highest BCUT2D eigenvalue weighted by atomic mass is 14.7. The molecule has 0 aliphatic carbocycles. The molecule has 104 valence electrons. The first-order chi connectivity index (χ1) is 9.69. The smallest absolute Gasteiger partial charge is 0.0633 e. The van der Waals surface area contributed by atoms with Crippen LogP contribution in [-0.2, 0) is 6.42 Å². The number of hydrogen-bond acceptors (Lipinski definition) is 1. The van der Waals surface area contributed by atoms with Gasteiger partial charge in [0.25, 0.3) is 0 Å². The number of unbranched alkanes of at least 4 members (excludes halogenated alkanes) is 1. The van der Waals surface area contributed by atoms with Gasteiger partial charge in [0.2, 0.25) is 0 Å². The first kappa shape index (κ1) is 14.5. The molecule has 0 atom stereocenters. The van der Waals surface area contributed by atoms with E-state index in [0.717, 1.165) is 17.8 Å². The topological polar surface area (TPSA) is 12.4 Å². The molecule has 1 nitrogen and oxygen atoms in total. The van der Waals surface area contributed by atoms with E-state index >= 15 is 0 Å². The van der Waals surface area contributed by atoms with Crippen LogP contribution in [0.3, 0.4) is 0 Å². The van der Waals surface area contributed by atoms with Crippen LogP contribution in [0.1, 0.15) is 43.4 Å². The van der Waals surface area contributed by atoms with E-state index in [4.69, 9.17) is 4.99 Å². The Morgan fingerprint density at radius 1 is 0.950 bits per heavy atom. The van der Waals surface area contributed by atoms with Gasteiger partial charge in [0.1, 0.15) is 0 Å². The molecule has 2 aromatic carbocycles. The van der Waals surface area contributed by atoms with Gasteiger partial charge in [-0.1, -0.05) is 55.3 Å². The summed E-state index contributed by atoms with van der Waals surface area (Å²) in [4.78, 5) is 4.70. The Hall–Kier alpha value is -1.89. The van der Waals surface area contributed by atoms with E-state index < -0.39 is 0 Å². The Morgan fingerprint density at radius 3 is 2.20 bits per heavy atom. The molecule has 0 radical (unpaired) electrons. The Kier molecular flexibility index (Phi) is 5.11. The van der Waals surface area contributed by atoms with Crippen molar-refractivity contribution in [2.75, 3.05) is 0 Å². The molecule has 0 bridgehead atoms. The maximum absolute atomic E-state index is 4.70. The average Bonchev–Trinajstić information content (AvgIpc) is 2.47. The molecule has 0 saturated heterocycles. The van der Waals surface area contributed by atoms with Gasteiger partial charge in [-0.05, 0) is 49.9 Å². The molecular weight excluding hydrogens is 242 g/mol. The predicted octanol–water partition coefficient (Wildman–Crippen LogP) is 5.48. The number of nitrogens with zero attached hydrogens (tertiary/aromatic N) is 1. The third-order valence-electron chi connectivity index (χ3n) is 3.52. The monoisotopic (exact) mass is 265 g/mol. The molecule has 1 heteroatoms. The van der Waals surface area contributed by atoms with Crippen LogP contribution in [0.15, 0.2) is 53.5 Å². The van der Waals surface area contributed by atoms with Crippen LogP contribution in [0.5, 0.6) is 0 Å². The lowest BCUT2D eigenvalue weighted by Gasteiger charge is -2.03. The number of aryl methyl sites for hydroxylation is 2. The largest absolute Gasteiger partial charge is 0.253 e. The Balaban J connectivity index is 2.11. The molecule has 0 aromatic heterocycles. The zero-order chi connectivity index (χ0) is 14.4. The second-order valence-electron chi connectivity index (χ2n) is 5.33. The second-order valence-corrected chi connectivity index (χ2v) is 5.33. The molecule has 2 rings (SSSR count). The molecule has 0 aliphatic heterocycles.